The van der Waals surface area contributed by atoms with Crippen molar-refractivity contribution in [3.63, 3.8) is 0 Å². The maximum absolute atomic E-state index is 13.1. The largest absolute Gasteiger partial charge is 0.472 e. The van der Waals surface area contributed by atoms with Crippen molar-refractivity contribution in [2.75, 3.05) is 39.6 Å². The fraction of sp³-hybridized carbons (Fsp3) is 0.640. The second-order valence-electron chi connectivity index (χ2n) is 26.9. The molecule has 0 bridgehead atoms. The number of carbonyl (C=O) groups excluding carboxylic acids is 4. The van der Waals surface area contributed by atoms with Gasteiger partial charge in [-0.05, 0) is 167 Å². The summed E-state index contributed by atoms with van der Waals surface area (Å²) in [6.07, 6.45) is 94.7. The van der Waals surface area contributed by atoms with Crippen LogP contribution in [-0.4, -0.2) is 96.7 Å². The van der Waals surface area contributed by atoms with Gasteiger partial charge in [-0.25, -0.2) is 9.13 Å². The molecule has 0 radical (unpaired) electrons. The first-order valence-electron chi connectivity index (χ1n) is 41.4. The van der Waals surface area contributed by atoms with E-state index in [0.717, 1.165) is 205 Å². The number of aliphatic hydroxyl groups excluding tert-OH is 1. The highest BCUT2D eigenvalue weighted by Crippen LogP contribution is 2.45. The van der Waals surface area contributed by atoms with E-state index >= 15 is 0 Å². The van der Waals surface area contributed by atoms with Crippen LogP contribution in [0.5, 0.6) is 0 Å². The molecule has 0 saturated heterocycles. The van der Waals surface area contributed by atoms with Gasteiger partial charge in [0.25, 0.3) is 0 Å². The molecule has 0 aliphatic heterocycles. The molecule has 0 aromatic rings. The molecule has 0 aromatic heterocycles. The van der Waals surface area contributed by atoms with Crippen molar-refractivity contribution in [3.05, 3.63) is 170 Å². The summed E-state index contributed by atoms with van der Waals surface area (Å²) in [5.41, 5.74) is 0. The molecule has 0 aromatic carbocycles. The van der Waals surface area contributed by atoms with Crippen LogP contribution >= 0.6 is 15.6 Å². The van der Waals surface area contributed by atoms with Crippen LogP contribution in [0, 0.1) is 0 Å². The molecular weight excluding hydrogens is 1400 g/mol. The second kappa shape index (κ2) is 79.5. The Morgan fingerprint density at radius 3 is 0.778 bits per heavy atom. The van der Waals surface area contributed by atoms with Crippen molar-refractivity contribution in [1.29, 1.82) is 0 Å². The lowest BCUT2D eigenvalue weighted by Crippen LogP contribution is -2.30. The number of carbonyl (C=O) groups is 4. The van der Waals surface area contributed by atoms with Crippen molar-refractivity contribution in [2.24, 2.45) is 0 Å². The molecule has 0 aliphatic rings. The minimum Gasteiger partial charge on any atom is -0.462 e. The van der Waals surface area contributed by atoms with E-state index < -0.39 is 97.5 Å². The molecule has 17 nitrogen and oxygen atoms in total. The highest BCUT2D eigenvalue weighted by Gasteiger charge is 2.30. The highest BCUT2D eigenvalue weighted by atomic mass is 31.2. The molecule has 614 valence electrons. The molecule has 5 unspecified atom stereocenters. The molecule has 0 aliphatic carbocycles. The number of allylic oxidation sites excluding steroid dienone is 28. The zero-order valence-corrected chi connectivity index (χ0v) is 69.0. The number of aliphatic hydroxyl groups is 1. The number of rotatable bonds is 76. The normalized spacial score (nSPS) is 14.7. The predicted octanol–water partition coefficient (Wildman–Crippen LogP) is 24.6. The van der Waals surface area contributed by atoms with E-state index in [9.17, 15) is 43.2 Å². The van der Waals surface area contributed by atoms with Crippen LogP contribution < -0.4 is 0 Å². The summed E-state index contributed by atoms with van der Waals surface area (Å²) in [4.78, 5) is 73.2. The number of ether oxygens (including phenoxy) is 4. The molecular formula is C89H146O17P2. The molecule has 0 fully saturated rings. The summed E-state index contributed by atoms with van der Waals surface area (Å²) >= 11 is 0. The Balaban J connectivity index is 5.46. The maximum atomic E-state index is 13.1. The van der Waals surface area contributed by atoms with E-state index in [1.54, 1.807) is 0 Å². The summed E-state index contributed by atoms with van der Waals surface area (Å²) in [7, 11) is -10.0. The van der Waals surface area contributed by atoms with Crippen LogP contribution in [0.2, 0.25) is 0 Å². The van der Waals surface area contributed by atoms with E-state index in [1.807, 2.05) is 12.2 Å². The molecule has 108 heavy (non-hydrogen) atoms. The van der Waals surface area contributed by atoms with Crippen molar-refractivity contribution in [3.8, 4) is 0 Å². The summed E-state index contributed by atoms with van der Waals surface area (Å²) in [6.45, 7) is 4.41. The van der Waals surface area contributed by atoms with Gasteiger partial charge in [-0.1, -0.05) is 288 Å². The SMILES string of the molecule is CC/C=C\C/C=C\C/C=C\C/C=C\C/C=C\CCCC(=O)OC(COC(=O)CCCCCCCC/C=C\C/C=C\C/C=C\C/C=C\CC)COP(=O)(O)OCC(O)COP(=O)(O)OCC(COC(=O)CCCCCCCCC/C=C\C/C=C\C/C=C\CC)OC(=O)CCCCCCC/C=C\C/C=C\CCCCC. The molecule has 3 N–H and O–H groups in total. The minimum absolute atomic E-state index is 0.00704. The summed E-state index contributed by atoms with van der Waals surface area (Å²) in [5.74, 6) is -2.29. The third-order valence-corrected chi connectivity index (χ3v) is 18.6. The van der Waals surface area contributed by atoms with E-state index in [4.69, 9.17) is 37.0 Å². The van der Waals surface area contributed by atoms with Crippen molar-refractivity contribution >= 4 is 39.5 Å². The second-order valence-corrected chi connectivity index (χ2v) is 29.8. The van der Waals surface area contributed by atoms with E-state index in [2.05, 4.69) is 186 Å². The first-order valence-corrected chi connectivity index (χ1v) is 44.4. The summed E-state index contributed by atoms with van der Waals surface area (Å²) in [6, 6.07) is 0. The monoisotopic (exact) mass is 1550 g/mol. The lowest BCUT2D eigenvalue weighted by atomic mass is 10.1. The average molecular weight is 1550 g/mol. The van der Waals surface area contributed by atoms with Gasteiger partial charge in [-0.3, -0.25) is 37.3 Å². The number of unbranched alkanes of at least 4 members (excludes halogenated alkanes) is 22. The Morgan fingerprint density at radius 2 is 0.491 bits per heavy atom. The average Bonchev–Trinajstić information content (AvgIpc) is 0.900. The summed E-state index contributed by atoms with van der Waals surface area (Å²) in [5, 5.41) is 10.7. The first-order chi connectivity index (χ1) is 52.7. The van der Waals surface area contributed by atoms with Gasteiger partial charge >= 0.3 is 39.5 Å². The van der Waals surface area contributed by atoms with E-state index in [-0.39, 0.29) is 25.7 Å². The number of phosphoric acid groups is 2. The van der Waals surface area contributed by atoms with Gasteiger partial charge in [0, 0.05) is 25.7 Å². The third-order valence-electron chi connectivity index (χ3n) is 16.7. The van der Waals surface area contributed by atoms with Crippen LogP contribution in [0.1, 0.15) is 310 Å². The van der Waals surface area contributed by atoms with E-state index in [0.29, 0.717) is 32.1 Å². The van der Waals surface area contributed by atoms with Gasteiger partial charge < -0.3 is 33.8 Å². The van der Waals surface area contributed by atoms with Crippen LogP contribution in [0.4, 0.5) is 0 Å². The quantitative estimate of drug-likeness (QED) is 0.0169. The van der Waals surface area contributed by atoms with Crippen molar-refractivity contribution in [1.82, 2.24) is 0 Å². The third kappa shape index (κ3) is 78.5. The smallest absolute Gasteiger partial charge is 0.462 e. The molecule has 0 spiro atoms. The van der Waals surface area contributed by atoms with Crippen LogP contribution in [-0.2, 0) is 65.4 Å². The summed E-state index contributed by atoms with van der Waals surface area (Å²) < 4.78 is 68.7. The molecule has 0 amide bonds. The maximum Gasteiger partial charge on any atom is 0.472 e. The minimum atomic E-state index is -5.01. The highest BCUT2D eigenvalue weighted by molar-refractivity contribution is 7.47. The topological polar surface area (TPSA) is 237 Å². The van der Waals surface area contributed by atoms with Crippen LogP contribution in [0.25, 0.3) is 0 Å². The van der Waals surface area contributed by atoms with Gasteiger partial charge in [-0.2, -0.15) is 0 Å². The van der Waals surface area contributed by atoms with Crippen LogP contribution in [0.3, 0.4) is 0 Å². The predicted molar refractivity (Wildman–Crippen MR) is 445 cm³/mol. The Labute approximate surface area is 654 Å². The molecule has 5 atom stereocenters. The zero-order chi connectivity index (χ0) is 78.9. The van der Waals surface area contributed by atoms with Gasteiger partial charge in [0.1, 0.15) is 19.3 Å². The Hall–Kier alpha value is -5.58. The van der Waals surface area contributed by atoms with E-state index in [1.165, 1.54) is 19.3 Å². The number of hydrogen-bond donors (Lipinski definition) is 3. The molecule has 19 heteroatoms. The fourth-order valence-electron chi connectivity index (χ4n) is 10.5. The van der Waals surface area contributed by atoms with Crippen molar-refractivity contribution < 1.29 is 80.2 Å². The fourth-order valence-corrected chi connectivity index (χ4v) is 12.0. The van der Waals surface area contributed by atoms with Gasteiger partial charge in [0.2, 0.25) is 0 Å². The number of esters is 4. The first kappa shape index (κ1) is 102. The Morgan fingerprint density at radius 1 is 0.269 bits per heavy atom. The van der Waals surface area contributed by atoms with Crippen molar-refractivity contribution in [2.45, 2.75) is 329 Å². The van der Waals surface area contributed by atoms with Gasteiger partial charge in [0.05, 0.1) is 26.4 Å². The van der Waals surface area contributed by atoms with Gasteiger partial charge in [0.15, 0.2) is 12.2 Å². The Kier molecular flexibility index (Phi) is 75.4. The lowest BCUT2D eigenvalue weighted by molar-refractivity contribution is -0.161. The van der Waals surface area contributed by atoms with Crippen LogP contribution in [0.15, 0.2) is 170 Å². The Bertz CT molecular complexity index is 2710. The molecule has 0 heterocycles. The number of phosphoric ester groups is 2. The molecule has 0 rings (SSSR count). The number of hydrogen-bond acceptors (Lipinski definition) is 15. The zero-order valence-electron chi connectivity index (χ0n) is 67.2. The lowest BCUT2D eigenvalue weighted by Gasteiger charge is -2.21. The molecule has 0 saturated carbocycles. The standard InChI is InChI=1S/C89H146O17P2/c1-5-9-13-17-21-25-29-33-37-40-41-44-47-50-54-58-62-66-70-74-87(92)100-80-85(106-89(94)76-72-68-64-60-56-52-48-43-39-35-31-27-23-19-15-11-7-3)82-104-108(97,98)102-78-83(90)77-101-107(95,96)103-81-84(105-88(93)75-71-67-63-59-55-51-45-36-32-28-24-20-16-12-8-4)79-99-86(91)73-69-65-61-57-53-49-46-42-38-34-30-26-22-18-14-10-6-2/h9-11,13-15,21-28,33-39,41,44-45,48,52,60,64,83-85,90H,5-8,12,16-20,29-32,40,42-43,46-47,49-51,53-59,61-63,65-82H2,1-4H3,(H,95,96)(H,97,98)/b13-9-,14-10-,15-11-,25-21-,26-22-,27-23-,28-24-,37-33-,38-34-,39-35-,44-41-,45-36-,52-48-,64-60-. The van der Waals surface area contributed by atoms with Gasteiger partial charge in [-0.15, -0.1) is 0 Å².